The van der Waals surface area contributed by atoms with Crippen molar-refractivity contribution < 1.29 is 13.2 Å². The van der Waals surface area contributed by atoms with Crippen molar-refractivity contribution in [2.24, 2.45) is 5.84 Å². The fraction of sp³-hybridized carbons (Fsp3) is 0.333. The van der Waals surface area contributed by atoms with Gasteiger partial charge in [-0.3, -0.25) is 11.3 Å². The number of benzene rings is 1. The lowest BCUT2D eigenvalue weighted by Gasteiger charge is -2.19. The Morgan fingerprint density at radius 2 is 2.00 bits per heavy atom. The predicted octanol–water partition coefficient (Wildman–Crippen LogP) is 2.62. The number of hydrogen-bond donors (Lipinski definition) is 2. The minimum atomic E-state index is -4.38. The van der Waals surface area contributed by atoms with Crippen LogP contribution in [-0.4, -0.2) is 0 Å². The van der Waals surface area contributed by atoms with Crippen LogP contribution in [0.15, 0.2) is 24.3 Å². The van der Waals surface area contributed by atoms with Crippen LogP contribution < -0.4 is 11.3 Å². The summed E-state index contributed by atoms with van der Waals surface area (Å²) in [6.07, 6.45) is -4.15. The summed E-state index contributed by atoms with van der Waals surface area (Å²) in [7, 11) is 0. The third kappa shape index (κ3) is 3.48. The number of rotatable bonds is 3. The van der Waals surface area contributed by atoms with Gasteiger partial charge >= 0.3 is 6.18 Å². The molecule has 0 radical (unpaired) electrons. The van der Waals surface area contributed by atoms with Gasteiger partial charge in [0, 0.05) is 6.42 Å². The topological polar surface area (TPSA) is 38.0 Å². The molecule has 0 saturated heterocycles. The number of nitrogens with one attached hydrogen (secondary N) is 1. The van der Waals surface area contributed by atoms with Crippen molar-refractivity contribution in [3.63, 3.8) is 0 Å². The highest BCUT2D eigenvalue weighted by Gasteiger charge is 2.34. The Balaban J connectivity index is 3.13. The van der Waals surface area contributed by atoms with Crippen molar-refractivity contribution in [3.8, 4) is 11.8 Å². The molecule has 0 amide bonds. The molecule has 1 rings (SSSR count). The lowest BCUT2D eigenvalue weighted by atomic mass is 9.98. The van der Waals surface area contributed by atoms with Crippen LogP contribution in [0.2, 0.25) is 0 Å². The van der Waals surface area contributed by atoms with Gasteiger partial charge < -0.3 is 0 Å². The second-order valence-corrected chi connectivity index (χ2v) is 3.44. The summed E-state index contributed by atoms with van der Waals surface area (Å²) >= 11 is 0. The van der Waals surface area contributed by atoms with E-state index in [0.29, 0.717) is 0 Å². The molecular weight excluding hydrogens is 229 g/mol. The molecule has 0 aromatic heterocycles. The Hall–Kier alpha value is -1.51. The summed E-state index contributed by atoms with van der Waals surface area (Å²) in [5.41, 5.74) is 1.80. The number of hydrogen-bond acceptors (Lipinski definition) is 2. The number of halogens is 3. The van der Waals surface area contributed by atoms with E-state index < -0.39 is 17.8 Å². The van der Waals surface area contributed by atoms with Gasteiger partial charge in [-0.2, -0.15) is 13.2 Å². The average molecular weight is 242 g/mol. The van der Waals surface area contributed by atoms with E-state index in [1.165, 1.54) is 12.1 Å². The standard InChI is InChI=1S/C12H13F3N2/c1-2-3-8-11(17-16)9-6-4-5-7-10(9)12(13,14)15/h4-7,11,17H,8,16H2,1H3. The Morgan fingerprint density at radius 1 is 1.35 bits per heavy atom. The average Bonchev–Trinajstić information content (AvgIpc) is 2.29. The van der Waals surface area contributed by atoms with E-state index in [4.69, 9.17) is 5.84 Å². The molecule has 0 fully saturated rings. The third-order valence-electron chi connectivity index (χ3n) is 2.33. The SMILES string of the molecule is CC#CCC(NN)c1ccccc1C(F)(F)F. The zero-order valence-corrected chi connectivity index (χ0v) is 9.31. The Kier molecular flexibility index (Phi) is 4.55. The summed E-state index contributed by atoms with van der Waals surface area (Å²) in [5, 5.41) is 0. The number of hydrazine groups is 1. The first kappa shape index (κ1) is 13.6. The molecule has 3 N–H and O–H groups in total. The monoisotopic (exact) mass is 242 g/mol. The minimum Gasteiger partial charge on any atom is -0.271 e. The first-order chi connectivity index (χ1) is 8.00. The maximum atomic E-state index is 12.8. The van der Waals surface area contributed by atoms with Gasteiger partial charge in [0.1, 0.15) is 0 Å². The van der Waals surface area contributed by atoms with Crippen LogP contribution in [0.4, 0.5) is 13.2 Å². The van der Waals surface area contributed by atoms with Crippen molar-refractivity contribution in [2.45, 2.75) is 25.6 Å². The molecule has 1 aromatic rings. The molecule has 1 aromatic carbocycles. The lowest BCUT2D eigenvalue weighted by molar-refractivity contribution is -0.138. The van der Waals surface area contributed by atoms with E-state index in [0.717, 1.165) is 6.07 Å². The first-order valence-electron chi connectivity index (χ1n) is 5.02. The van der Waals surface area contributed by atoms with Crippen molar-refractivity contribution in [3.05, 3.63) is 35.4 Å². The highest BCUT2D eigenvalue weighted by atomic mass is 19.4. The molecule has 0 bridgehead atoms. The molecule has 0 spiro atoms. The smallest absolute Gasteiger partial charge is 0.271 e. The maximum Gasteiger partial charge on any atom is 0.416 e. The van der Waals surface area contributed by atoms with Crippen molar-refractivity contribution >= 4 is 0 Å². The van der Waals surface area contributed by atoms with Gasteiger partial charge in [0.15, 0.2) is 0 Å². The fourth-order valence-electron chi connectivity index (χ4n) is 1.52. The van der Waals surface area contributed by atoms with Gasteiger partial charge in [0.25, 0.3) is 0 Å². The molecule has 1 atom stereocenters. The van der Waals surface area contributed by atoms with E-state index in [1.54, 1.807) is 13.0 Å². The molecule has 5 heteroatoms. The normalized spacial score (nSPS) is 12.8. The molecule has 0 heterocycles. The molecule has 17 heavy (non-hydrogen) atoms. The van der Waals surface area contributed by atoms with E-state index in [2.05, 4.69) is 17.3 Å². The van der Waals surface area contributed by atoms with Crippen LogP contribution >= 0.6 is 0 Å². The van der Waals surface area contributed by atoms with Crippen LogP contribution in [0.3, 0.4) is 0 Å². The summed E-state index contributed by atoms with van der Waals surface area (Å²) in [6, 6.07) is 4.73. The lowest BCUT2D eigenvalue weighted by Crippen LogP contribution is -2.29. The highest BCUT2D eigenvalue weighted by Crippen LogP contribution is 2.34. The van der Waals surface area contributed by atoms with Gasteiger partial charge in [-0.25, -0.2) is 0 Å². The molecule has 0 saturated carbocycles. The molecule has 0 aliphatic heterocycles. The van der Waals surface area contributed by atoms with Crippen molar-refractivity contribution in [2.75, 3.05) is 0 Å². The highest BCUT2D eigenvalue weighted by molar-refractivity contribution is 5.33. The largest absolute Gasteiger partial charge is 0.416 e. The molecule has 92 valence electrons. The minimum absolute atomic E-state index is 0.116. The first-order valence-corrected chi connectivity index (χ1v) is 5.02. The van der Waals surface area contributed by atoms with Crippen molar-refractivity contribution in [1.82, 2.24) is 5.43 Å². The van der Waals surface area contributed by atoms with Gasteiger partial charge in [-0.15, -0.1) is 11.8 Å². The predicted molar refractivity (Wildman–Crippen MR) is 59.6 cm³/mol. The van der Waals surface area contributed by atoms with Gasteiger partial charge in [0.05, 0.1) is 11.6 Å². The Bertz CT molecular complexity index is 429. The van der Waals surface area contributed by atoms with E-state index >= 15 is 0 Å². The van der Waals surface area contributed by atoms with Crippen LogP contribution in [0.25, 0.3) is 0 Å². The molecule has 1 unspecified atom stereocenters. The molecule has 0 aliphatic carbocycles. The van der Waals surface area contributed by atoms with E-state index in [1.807, 2.05) is 0 Å². The van der Waals surface area contributed by atoms with E-state index in [-0.39, 0.29) is 12.0 Å². The zero-order chi connectivity index (χ0) is 12.9. The van der Waals surface area contributed by atoms with Crippen LogP contribution in [-0.2, 0) is 6.18 Å². The van der Waals surface area contributed by atoms with Crippen LogP contribution in [0.5, 0.6) is 0 Å². The Morgan fingerprint density at radius 3 is 2.53 bits per heavy atom. The summed E-state index contributed by atoms with van der Waals surface area (Å²) < 4.78 is 38.3. The third-order valence-corrected chi connectivity index (χ3v) is 2.33. The zero-order valence-electron chi connectivity index (χ0n) is 9.31. The quantitative estimate of drug-likeness (QED) is 0.486. The molecule has 2 nitrogen and oxygen atoms in total. The van der Waals surface area contributed by atoms with E-state index in [9.17, 15) is 13.2 Å². The van der Waals surface area contributed by atoms with Crippen LogP contribution in [0.1, 0.15) is 30.5 Å². The van der Waals surface area contributed by atoms with Crippen LogP contribution in [0, 0.1) is 11.8 Å². The van der Waals surface area contributed by atoms with Gasteiger partial charge in [0.2, 0.25) is 0 Å². The summed E-state index contributed by atoms with van der Waals surface area (Å²) in [6.45, 7) is 1.63. The second kappa shape index (κ2) is 5.71. The fourth-order valence-corrected chi connectivity index (χ4v) is 1.52. The Labute approximate surface area is 98.0 Å². The number of nitrogens with two attached hydrogens (primary N) is 1. The van der Waals surface area contributed by atoms with Crippen molar-refractivity contribution in [1.29, 1.82) is 0 Å². The molecular formula is C12H13F3N2. The second-order valence-electron chi connectivity index (χ2n) is 3.44. The maximum absolute atomic E-state index is 12.8. The van der Waals surface area contributed by atoms with Gasteiger partial charge in [-0.1, -0.05) is 18.2 Å². The summed E-state index contributed by atoms with van der Waals surface area (Å²) in [5.74, 6) is 10.6. The summed E-state index contributed by atoms with van der Waals surface area (Å²) in [4.78, 5) is 0. The van der Waals surface area contributed by atoms with Gasteiger partial charge in [-0.05, 0) is 18.6 Å². The molecule has 0 aliphatic rings. The number of alkyl halides is 3.